The van der Waals surface area contributed by atoms with Crippen LogP contribution < -0.4 is 10.6 Å². The summed E-state index contributed by atoms with van der Waals surface area (Å²) in [5.74, 6) is 0.882. The van der Waals surface area contributed by atoms with E-state index in [1.54, 1.807) is 23.6 Å². The van der Waals surface area contributed by atoms with E-state index >= 15 is 0 Å². The van der Waals surface area contributed by atoms with Crippen LogP contribution in [0.4, 0.5) is 0 Å². The minimum atomic E-state index is 0.638. The fourth-order valence-electron chi connectivity index (χ4n) is 3.11. The largest absolute Gasteiger partial charge is 0.380 e. The molecule has 6 nitrogen and oxygen atoms in total. The molecule has 0 fully saturated rings. The summed E-state index contributed by atoms with van der Waals surface area (Å²) in [7, 11) is 1.89. The molecule has 1 aromatic carbocycles. The molecule has 2 N–H and O–H groups in total. The van der Waals surface area contributed by atoms with E-state index in [1.165, 1.54) is 17.5 Å². The van der Waals surface area contributed by atoms with Crippen LogP contribution >= 0.6 is 0 Å². The SMILES string of the molecule is C=C(C=N/C=C(C)/C=N\N(C)/C(=C\C)C(=C)C)NCc1ccc(C2=NCC(=C)N2)cc1C.CCC. The Morgan fingerprint density at radius 3 is 2.46 bits per heavy atom. The Bertz CT molecular complexity index is 1050. The lowest BCUT2D eigenvalue weighted by atomic mass is 10.0. The van der Waals surface area contributed by atoms with Gasteiger partial charge in [-0.05, 0) is 56.0 Å². The van der Waals surface area contributed by atoms with Crippen LogP contribution in [-0.2, 0) is 6.54 Å². The van der Waals surface area contributed by atoms with Gasteiger partial charge in [-0.15, -0.1) is 0 Å². The molecule has 0 unspecified atom stereocenters. The number of likely N-dealkylation sites (N-methyl/N-ethyl adjacent to an activating group) is 1. The zero-order chi connectivity index (χ0) is 26.4. The molecule has 1 aliphatic heterocycles. The van der Waals surface area contributed by atoms with Gasteiger partial charge in [-0.2, -0.15) is 5.10 Å². The molecule has 0 atom stereocenters. The van der Waals surface area contributed by atoms with Crippen molar-refractivity contribution in [3.63, 3.8) is 0 Å². The Hall–Kier alpha value is -3.67. The van der Waals surface area contributed by atoms with Gasteiger partial charge < -0.3 is 10.6 Å². The number of hydrogen-bond acceptors (Lipinski definition) is 6. The van der Waals surface area contributed by atoms with Gasteiger partial charge in [-0.3, -0.25) is 15.0 Å². The van der Waals surface area contributed by atoms with Gasteiger partial charge in [0.2, 0.25) is 0 Å². The number of benzene rings is 1. The maximum atomic E-state index is 4.46. The summed E-state index contributed by atoms with van der Waals surface area (Å²) in [6, 6.07) is 6.31. The number of amidine groups is 1. The highest BCUT2D eigenvalue weighted by Crippen LogP contribution is 2.14. The van der Waals surface area contributed by atoms with E-state index in [2.05, 4.69) is 84.4 Å². The zero-order valence-corrected chi connectivity index (χ0v) is 22.6. The third-order valence-corrected chi connectivity index (χ3v) is 4.85. The monoisotopic (exact) mass is 474 g/mol. The van der Waals surface area contributed by atoms with Crippen LogP contribution in [0.5, 0.6) is 0 Å². The number of allylic oxidation sites excluding steroid dienone is 4. The summed E-state index contributed by atoms with van der Waals surface area (Å²) in [4.78, 5) is 8.79. The average molecular weight is 475 g/mol. The Labute approximate surface area is 212 Å². The van der Waals surface area contributed by atoms with Gasteiger partial charge in [-0.25, -0.2) is 0 Å². The number of aliphatic imine (C=N–C) groups is 2. The van der Waals surface area contributed by atoms with Crippen LogP contribution in [0, 0.1) is 6.92 Å². The number of aryl methyl sites for hydroxylation is 1. The van der Waals surface area contributed by atoms with Crippen molar-refractivity contribution in [2.24, 2.45) is 15.1 Å². The smallest absolute Gasteiger partial charge is 0.132 e. The minimum Gasteiger partial charge on any atom is -0.380 e. The third kappa shape index (κ3) is 10.4. The van der Waals surface area contributed by atoms with Crippen LogP contribution in [0.1, 0.15) is 57.7 Å². The molecule has 0 aromatic heterocycles. The fraction of sp³-hybridized carbons (Fsp3) is 0.345. The van der Waals surface area contributed by atoms with Gasteiger partial charge in [0.1, 0.15) is 5.84 Å². The van der Waals surface area contributed by atoms with Crippen molar-refractivity contribution in [2.75, 3.05) is 13.6 Å². The van der Waals surface area contributed by atoms with E-state index in [9.17, 15) is 0 Å². The predicted octanol–water partition coefficient (Wildman–Crippen LogP) is 6.25. The van der Waals surface area contributed by atoms with E-state index in [4.69, 9.17) is 0 Å². The Morgan fingerprint density at radius 2 is 1.91 bits per heavy atom. The molecule has 0 saturated heterocycles. The highest BCUT2D eigenvalue weighted by Gasteiger charge is 2.11. The normalized spacial score (nSPS) is 13.9. The van der Waals surface area contributed by atoms with Gasteiger partial charge in [0.05, 0.1) is 18.5 Å². The molecule has 0 spiro atoms. The molecule has 188 valence electrons. The highest BCUT2D eigenvalue weighted by molar-refractivity contribution is 6.01. The molecule has 0 saturated carbocycles. The van der Waals surface area contributed by atoms with Crippen molar-refractivity contribution in [1.29, 1.82) is 0 Å². The molecule has 0 radical (unpaired) electrons. The highest BCUT2D eigenvalue weighted by atomic mass is 15.4. The first kappa shape index (κ1) is 29.4. The van der Waals surface area contributed by atoms with E-state index in [1.807, 2.05) is 33.9 Å². The van der Waals surface area contributed by atoms with Crippen LogP contribution in [0.15, 0.2) is 93.5 Å². The molecule has 0 aliphatic carbocycles. The van der Waals surface area contributed by atoms with Gasteiger partial charge in [0, 0.05) is 43.0 Å². The summed E-state index contributed by atoms with van der Waals surface area (Å²) in [6.45, 7) is 25.4. The van der Waals surface area contributed by atoms with Gasteiger partial charge in [0.25, 0.3) is 0 Å². The molecule has 6 heteroatoms. The maximum Gasteiger partial charge on any atom is 0.132 e. The zero-order valence-electron chi connectivity index (χ0n) is 22.6. The molecule has 0 bridgehead atoms. The molecular formula is C29H42N6. The van der Waals surface area contributed by atoms with Crippen molar-refractivity contribution < 1.29 is 0 Å². The third-order valence-electron chi connectivity index (χ3n) is 4.85. The van der Waals surface area contributed by atoms with Crippen molar-refractivity contribution in [1.82, 2.24) is 15.6 Å². The predicted molar refractivity (Wildman–Crippen MR) is 154 cm³/mol. The van der Waals surface area contributed by atoms with E-state index < -0.39 is 0 Å². The van der Waals surface area contributed by atoms with Crippen molar-refractivity contribution in [2.45, 2.75) is 54.5 Å². The fourth-order valence-corrected chi connectivity index (χ4v) is 3.11. The summed E-state index contributed by atoms with van der Waals surface area (Å²) in [5.41, 5.74) is 8.00. The molecule has 1 aromatic rings. The van der Waals surface area contributed by atoms with Crippen LogP contribution in [0.25, 0.3) is 0 Å². The lowest BCUT2D eigenvalue weighted by Gasteiger charge is -2.16. The standard InChI is InChI=1S/C26H34N6.C3H8/c1-9-25(18(2)3)32(8)30-14-19(4)13-27-15-21(6)28-17-24-11-10-23(12-20(24)5)26-29-16-22(7)31-26;1-3-2/h9-15,28H,2,6-7,16-17H2,1,3-5,8H3,(H,29,31);3H2,1-2H3/b19-13+,25-9-,27-15?,30-14-;. The minimum absolute atomic E-state index is 0.638. The van der Waals surface area contributed by atoms with E-state index in [-0.39, 0.29) is 0 Å². The molecular weight excluding hydrogens is 432 g/mol. The lowest BCUT2D eigenvalue weighted by molar-refractivity contribution is 0.456. The van der Waals surface area contributed by atoms with Gasteiger partial charge in [-0.1, -0.05) is 58.2 Å². The van der Waals surface area contributed by atoms with Crippen LogP contribution in [0.3, 0.4) is 0 Å². The number of hydrogen-bond donors (Lipinski definition) is 2. The quantitative estimate of drug-likeness (QED) is 0.239. The summed E-state index contributed by atoms with van der Waals surface area (Å²) >= 11 is 0. The lowest BCUT2D eigenvalue weighted by Crippen LogP contribution is -2.18. The summed E-state index contributed by atoms with van der Waals surface area (Å²) in [6.07, 6.45) is 8.46. The molecule has 0 amide bonds. The maximum absolute atomic E-state index is 4.46. The number of rotatable bonds is 10. The van der Waals surface area contributed by atoms with Crippen LogP contribution in [-0.4, -0.2) is 36.9 Å². The van der Waals surface area contributed by atoms with Crippen molar-refractivity contribution >= 4 is 18.3 Å². The second-order valence-corrected chi connectivity index (χ2v) is 8.49. The number of hydrazone groups is 1. The van der Waals surface area contributed by atoms with E-state index in [0.29, 0.717) is 13.1 Å². The molecule has 2 rings (SSSR count). The van der Waals surface area contributed by atoms with Gasteiger partial charge in [0.15, 0.2) is 0 Å². The Morgan fingerprint density at radius 1 is 1.23 bits per heavy atom. The Kier molecular flexibility index (Phi) is 12.8. The second-order valence-electron chi connectivity index (χ2n) is 8.49. The van der Waals surface area contributed by atoms with E-state index in [0.717, 1.165) is 39.6 Å². The number of nitrogens with one attached hydrogen (secondary N) is 2. The molecule has 1 heterocycles. The first-order chi connectivity index (χ1) is 16.6. The van der Waals surface area contributed by atoms with Gasteiger partial charge >= 0.3 is 0 Å². The molecule has 35 heavy (non-hydrogen) atoms. The molecule has 1 aliphatic rings. The van der Waals surface area contributed by atoms with Crippen LogP contribution in [0.2, 0.25) is 0 Å². The second kappa shape index (κ2) is 15.3. The van der Waals surface area contributed by atoms with Crippen molar-refractivity contribution in [3.8, 4) is 0 Å². The number of nitrogens with zero attached hydrogens (tertiary/aromatic N) is 4. The first-order valence-electron chi connectivity index (χ1n) is 11.9. The topological polar surface area (TPSA) is 64.4 Å². The average Bonchev–Trinajstić information content (AvgIpc) is 3.24. The Balaban J connectivity index is 0.00000194. The first-order valence-corrected chi connectivity index (χ1v) is 11.9. The van der Waals surface area contributed by atoms with Crippen molar-refractivity contribution in [3.05, 3.63) is 95.1 Å². The summed E-state index contributed by atoms with van der Waals surface area (Å²) < 4.78 is 0. The summed E-state index contributed by atoms with van der Waals surface area (Å²) in [5, 5.41) is 12.7.